The normalized spacial score (nSPS) is 14.4. The van der Waals surface area contributed by atoms with E-state index in [1.54, 1.807) is 6.92 Å². The second kappa shape index (κ2) is 4.66. The van der Waals surface area contributed by atoms with Crippen LogP contribution in [-0.2, 0) is 0 Å². The lowest BCUT2D eigenvalue weighted by atomic mass is 10.1. The smallest absolute Gasteiger partial charge is 0.369 e. The minimum absolute atomic E-state index is 0.250. The highest BCUT2D eigenvalue weighted by Crippen LogP contribution is 2.14. The van der Waals surface area contributed by atoms with Crippen LogP contribution in [0.4, 0.5) is 13.2 Å². The van der Waals surface area contributed by atoms with Gasteiger partial charge in [-0.1, -0.05) is 6.92 Å². The topological polar surface area (TPSA) is 24.4 Å². The van der Waals surface area contributed by atoms with Gasteiger partial charge in [0, 0.05) is 12.0 Å². The average molecular weight is 210 g/mol. The molecular weight excluding hydrogens is 193 g/mol. The van der Waals surface area contributed by atoms with Crippen molar-refractivity contribution in [2.75, 3.05) is 6.54 Å². The highest BCUT2D eigenvalue weighted by atomic mass is 19.4. The molecule has 2 nitrogen and oxygen atoms in total. The zero-order chi connectivity index (χ0) is 11.4. The molecule has 14 heavy (non-hydrogen) atoms. The van der Waals surface area contributed by atoms with E-state index in [2.05, 4.69) is 10.3 Å². The molecule has 0 amide bonds. The second-order valence-corrected chi connectivity index (χ2v) is 4.11. The lowest BCUT2D eigenvalue weighted by Crippen LogP contribution is -2.40. The number of halogens is 3. The fourth-order valence-electron chi connectivity index (χ4n) is 0.858. The molecule has 0 aliphatic rings. The summed E-state index contributed by atoms with van der Waals surface area (Å²) < 4.78 is 35.6. The van der Waals surface area contributed by atoms with Gasteiger partial charge in [-0.15, -0.1) is 0 Å². The van der Waals surface area contributed by atoms with Gasteiger partial charge in [0.2, 0.25) is 0 Å². The largest absolute Gasteiger partial charge is 0.408 e. The molecule has 0 aliphatic carbocycles. The van der Waals surface area contributed by atoms with Crippen molar-refractivity contribution in [3.05, 3.63) is 0 Å². The van der Waals surface area contributed by atoms with E-state index >= 15 is 0 Å². The highest BCUT2D eigenvalue weighted by Gasteiger charge is 2.26. The first-order chi connectivity index (χ1) is 6.14. The maximum absolute atomic E-state index is 11.9. The Hall–Kier alpha value is -0.740. The van der Waals surface area contributed by atoms with Gasteiger partial charge in [0.1, 0.15) is 6.54 Å². The Balaban J connectivity index is 4.28. The molecule has 0 bridgehead atoms. The number of nitrogens with zero attached hydrogens (tertiary/aromatic N) is 1. The highest BCUT2D eigenvalue weighted by molar-refractivity contribution is 5.82. The fourth-order valence-corrected chi connectivity index (χ4v) is 0.858. The first-order valence-electron chi connectivity index (χ1n) is 4.52. The molecule has 0 aromatic heterocycles. The van der Waals surface area contributed by atoms with Crippen LogP contribution in [0.25, 0.3) is 0 Å². The van der Waals surface area contributed by atoms with E-state index in [1.807, 2.05) is 20.8 Å². The van der Waals surface area contributed by atoms with Crippen molar-refractivity contribution in [1.82, 2.24) is 5.32 Å². The van der Waals surface area contributed by atoms with Crippen molar-refractivity contribution in [2.24, 2.45) is 4.99 Å². The molecule has 0 atom stereocenters. The number of nitrogens with one attached hydrogen (secondary N) is 1. The molecule has 0 aromatic carbocycles. The van der Waals surface area contributed by atoms with Crippen molar-refractivity contribution >= 4 is 5.84 Å². The lowest BCUT2D eigenvalue weighted by Gasteiger charge is -2.23. The summed E-state index contributed by atoms with van der Waals surface area (Å²) in [7, 11) is 0. The summed E-state index contributed by atoms with van der Waals surface area (Å²) in [5.74, 6) is 0.398. The Kier molecular flexibility index (Phi) is 4.42. The van der Waals surface area contributed by atoms with Crippen LogP contribution in [0, 0.1) is 0 Å². The van der Waals surface area contributed by atoms with Crippen molar-refractivity contribution in [1.29, 1.82) is 0 Å². The van der Waals surface area contributed by atoms with E-state index in [9.17, 15) is 13.2 Å². The molecule has 0 aromatic rings. The molecular formula is C9H17F3N2. The maximum atomic E-state index is 11.9. The van der Waals surface area contributed by atoms with Crippen LogP contribution in [0.2, 0.25) is 0 Å². The zero-order valence-corrected chi connectivity index (χ0v) is 9.00. The summed E-state index contributed by atoms with van der Waals surface area (Å²) in [5, 5.41) is 2.93. The fraction of sp³-hybridized carbons (Fsp3) is 0.889. The lowest BCUT2D eigenvalue weighted by molar-refractivity contribution is -0.118. The number of hydrogen-bond acceptors (Lipinski definition) is 1. The molecule has 0 heterocycles. The summed E-state index contributed by atoms with van der Waals surface area (Å²) >= 11 is 0. The number of aliphatic imine (C=N–C) groups is 1. The van der Waals surface area contributed by atoms with Crippen molar-refractivity contribution < 1.29 is 13.2 Å². The SMILES string of the molecule is CCC(=NCC(F)(F)F)NC(C)(C)C. The van der Waals surface area contributed by atoms with E-state index in [1.165, 1.54) is 0 Å². The molecule has 0 fully saturated rings. The molecule has 5 heteroatoms. The van der Waals surface area contributed by atoms with Crippen molar-refractivity contribution in [2.45, 2.75) is 45.8 Å². The van der Waals surface area contributed by atoms with E-state index in [-0.39, 0.29) is 5.54 Å². The monoisotopic (exact) mass is 210 g/mol. The van der Waals surface area contributed by atoms with Crippen molar-refractivity contribution in [3.8, 4) is 0 Å². The van der Waals surface area contributed by atoms with Gasteiger partial charge in [0.25, 0.3) is 0 Å². The zero-order valence-electron chi connectivity index (χ0n) is 9.00. The van der Waals surface area contributed by atoms with Crippen LogP contribution >= 0.6 is 0 Å². The maximum Gasteiger partial charge on any atom is 0.408 e. The molecule has 1 N–H and O–H groups in total. The number of hydrogen-bond donors (Lipinski definition) is 1. The predicted molar refractivity (Wildman–Crippen MR) is 51.5 cm³/mol. The van der Waals surface area contributed by atoms with Crippen LogP contribution in [0.5, 0.6) is 0 Å². The number of alkyl halides is 3. The van der Waals surface area contributed by atoms with E-state index < -0.39 is 12.7 Å². The third kappa shape index (κ3) is 7.89. The molecule has 0 radical (unpaired) electrons. The van der Waals surface area contributed by atoms with Gasteiger partial charge in [0.15, 0.2) is 0 Å². The molecule has 0 unspecified atom stereocenters. The standard InChI is InChI=1S/C9H17F3N2/c1-5-7(14-8(2,3)4)13-6-9(10,11)12/h5-6H2,1-4H3,(H,13,14). The van der Waals surface area contributed by atoms with E-state index in [0.29, 0.717) is 12.3 Å². The minimum atomic E-state index is -4.22. The van der Waals surface area contributed by atoms with E-state index in [0.717, 1.165) is 0 Å². The molecule has 84 valence electrons. The minimum Gasteiger partial charge on any atom is -0.369 e. The number of amidine groups is 1. The summed E-state index contributed by atoms with van der Waals surface area (Å²) in [5.41, 5.74) is -0.250. The molecule has 0 rings (SSSR count). The molecule has 0 spiro atoms. The summed E-state index contributed by atoms with van der Waals surface area (Å²) in [6, 6.07) is 0. The van der Waals surface area contributed by atoms with Gasteiger partial charge in [0.05, 0.1) is 5.84 Å². The summed E-state index contributed by atoms with van der Waals surface area (Å²) in [6.45, 7) is 6.30. The van der Waals surface area contributed by atoms with Gasteiger partial charge in [-0.05, 0) is 20.8 Å². The Bertz CT molecular complexity index is 201. The quantitative estimate of drug-likeness (QED) is 0.550. The second-order valence-electron chi connectivity index (χ2n) is 4.11. The van der Waals surface area contributed by atoms with Gasteiger partial charge in [-0.3, -0.25) is 4.99 Å². The Labute approximate surface area is 82.6 Å². The Morgan fingerprint density at radius 2 is 1.71 bits per heavy atom. The molecule has 0 saturated heterocycles. The van der Waals surface area contributed by atoms with Gasteiger partial charge < -0.3 is 5.32 Å². The van der Waals surface area contributed by atoms with Crippen molar-refractivity contribution in [3.63, 3.8) is 0 Å². The van der Waals surface area contributed by atoms with Gasteiger partial charge in [-0.25, -0.2) is 0 Å². The summed E-state index contributed by atoms with van der Waals surface area (Å²) in [6.07, 6.45) is -3.74. The summed E-state index contributed by atoms with van der Waals surface area (Å²) in [4.78, 5) is 3.48. The van der Waals surface area contributed by atoms with Gasteiger partial charge >= 0.3 is 6.18 Å². The third-order valence-corrected chi connectivity index (χ3v) is 1.30. The average Bonchev–Trinajstić information content (AvgIpc) is 1.94. The van der Waals surface area contributed by atoms with E-state index in [4.69, 9.17) is 0 Å². The van der Waals surface area contributed by atoms with Crippen LogP contribution in [0.3, 0.4) is 0 Å². The molecule has 0 saturated carbocycles. The predicted octanol–water partition coefficient (Wildman–Crippen LogP) is 2.75. The third-order valence-electron chi connectivity index (χ3n) is 1.30. The first kappa shape index (κ1) is 13.3. The Morgan fingerprint density at radius 3 is 2.00 bits per heavy atom. The van der Waals surface area contributed by atoms with Crippen LogP contribution < -0.4 is 5.32 Å². The van der Waals surface area contributed by atoms with Crippen LogP contribution in [-0.4, -0.2) is 24.1 Å². The molecule has 0 aliphatic heterocycles. The first-order valence-corrected chi connectivity index (χ1v) is 4.52. The Morgan fingerprint density at radius 1 is 1.21 bits per heavy atom. The van der Waals surface area contributed by atoms with Crippen LogP contribution in [0.15, 0.2) is 4.99 Å². The van der Waals surface area contributed by atoms with Gasteiger partial charge in [-0.2, -0.15) is 13.2 Å². The van der Waals surface area contributed by atoms with Crippen LogP contribution in [0.1, 0.15) is 34.1 Å². The number of rotatable bonds is 2.